The van der Waals surface area contributed by atoms with Crippen LogP contribution in [0.5, 0.6) is 5.75 Å². The Kier molecular flexibility index (Phi) is 6.90. The first-order chi connectivity index (χ1) is 12.8. The molecular formula is C19H20ClN3O4. The highest BCUT2D eigenvalue weighted by Gasteiger charge is 2.12. The number of aryl methyl sites for hydroxylation is 1. The molecule has 2 aromatic carbocycles. The van der Waals surface area contributed by atoms with E-state index in [1.807, 2.05) is 39.0 Å². The Bertz CT molecular complexity index is 881. The first kappa shape index (κ1) is 20.4. The molecule has 0 atom stereocenters. The molecule has 0 aromatic heterocycles. The van der Waals surface area contributed by atoms with Gasteiger partial charge >= 0.3 is 0 Å². The number of carbonyl (C=O) groups excluding carboxylic acids is 1. The van der Waals surface area contributed by atoms with Gasteiger partial charge in [0, 0.05) is 11.6 Å². The van der Waals surface area contributed by atoms with Gasteiger partial charge in [0.25, 0.3) is 11.6 Å². The second-order valence-corrected chi connectivity index (χ2v) is 6.65. The lowest BCUT2D eigenvalue weighted by Crippen LogP contribution is -2.25. The van der Waals surface area contributed by atoms with Crippen molar-refractivity contribution in [2.24, 2.45) is 5.10 Å². The molecule has 0 fully saturated rings. The molecule has 27 heavy (non-hydrogen) atoms. The molecular weight excluding hydrogens is 370 g/mol. The van der Waals surface area contributed by atoms with Gasteiger partial charge in [-0.05, 0) is 36.1 Å². The van der Waals surface area contributed by atoms with Crippen LogP contribution in [-0.2, 0) is 4.79 Å². The Hall–Kier alpha value is -2.93. The van der Waals surface area contributed by atoms with E-state index < -0.39 is 10.8 Å². The maximum absolute atomic E-state index is 11.9. The summed E-state index contributed by atoms with van der Waals surface area (Å²) >= 11 is 5.75. The number of carbonyl (C=O) groups is 1. The number of hydrazone groups is 1. The average molecular weight is 390 g/mol. The van der Waals surface area contributed by atoms with Crippen molar-refractivity contribution in [1.82, 2.24) is 5.43 Å². The summed E-state index contributed by atoms with van der Waals surface area (Å²) in [7, 11) is 0. The lowest BCUT2D eigenvalue weighted by atomic mass is 10.0. The fourth-order valence-electron chi connectivity index (χ4n) is 2.35. The molecule has 1 N–H and O–H groups in total. The molecule has 0 saturated carbocycles. The normalized spacial score (nSPS) is 11.0. The minimum Gasteiger partial charge on any atom is -0.483 e. The monoisotopic (exact) mass is 389 g/mol. The number of hydrogen-bond acceptors (Lipinski definition) is 5. The molecule has 0 aliphatic heterocycles. The molecule has 0 aliphatic rings. The van der Waals surface area contributed by atoms with Crippen molar-refractivity contribution in [2.75, 3.05) is 6.61 Å². The van der Waals surface area contributed by atoms with Gasteiger partial charge in [0.2, 0.25) is 0 Å². The van der Waals surface area contributed by atoms with E-state index in [1.165, 1.54) is 18.3 Å². The lowest BCUT2D eigenvalue weighted by molar-refractivity contribution is -0.384. The van der Waals surface area contributed by atoms with Gasteiger partial charge in [-0.3, -0.25) is 14.9 Å². The number of nitrogens with zero attached hydrogens (tertiary/aromatic N) is 2. The van der Waals surface area contributed by atoms with E-state index in [0.717, 1.165) is 11.1 Å². The van der Waals surface area contributed by atoms with Crippen molar-refractivity contribution < 1.29 is 14.5 Å². The average Bonchev–Trinajstić information content (AvgIpc) is 2.61. The topological polar surface area (TPSA) is 93.8 Å². The highest BCUT2D eigenvalue weighted by atomic mass is 35.5. The number of rotatable bonds is 7. The van der Waals surface area contributed by atoms with Gasteiger partial charge in [0.05, 0.1) is 11.1 Å². The zero-order valence-electron chi connectivity index (χ0n) is 15.2. The van der Waals surface area contributed by atoms with Crippen LogP contribution in [-0.4, -0.2) is 23.7 Å². The number of hydrogen-bond donors (Lipinski definition) is 1. The van der Waals surface area contributed by atoms with E-state index in [4.69, 9.17) is 16.3 Å². The van der Waals surface area contributed by atoms with Crippen molar-refractivity contribution >= 4 is 29.4 Å². The third-order valence-electron chi connectivity index (χ3n) is 3.72. The molecule has 0 heterocycles. The Morgan fingerprint density at radius 3 is 2.74 bits per heavy atom. The predicted octanol–water partition coefficient (Wildman–Crippen LogP) is 4.21. The molecule has 0 bridgehead atoms. The van der Waals surface area contributed by atoms with E-state index in [-0.39, 0.29) is 23.2 Å². The number of benzene rings is 2. The van der Waals surface area contributed by atoms with E-state index in [1.54, 1.807) is 6.07 Å². The number of nitro benzene ring substituents is 1. The largest absolute Gasteiger partial charge is 0.483 e. The van der Waals surface area contributed by atoms with Crippen LogP contribution in [0.2, 0.25) is 5.02 Å². The van der Waals surface area contributed by atoms with Crippen LogP contribution < -0.4 is 10.2 Å². The van der Waals surface area contributed by atoms with E-state index >= 15 is 0 Å². The van der Waals surface area contributed by atoms with Crippen LogP contribution in [0.1, 0.15) is 36.5 Å². The van der Waals surface area contributed by atoms with Crippen molar-refractivity contribution in [3.63, 3.8) is 0 Å². The standard InChI is InChI=1S/C19H20ClN3O4/c1-12(2)15-6-4-13(3)8-18(15)27-11-19(24)22-21-10-14-5-7-16(20)17(9-14)23(25)26/h4-10,12H,11H2,1-3H3,(H,22,24)/b21-10-. The fourth-order valence-corrected chi connectivity index (χ4v) is 2.53. The summed E-state index contributed by atoms with van der Waals surface area (Å²) in [5, 5.41) is 14.7. The Labute approximate surface area is 162 Å². The zero-order chi connectivity index (χ0) is 20.0. The zero-order valence-corrected chi connectivity index (χ0v) is 16.0. The third-order valence-corrected chi connectivity index (χ3v) is 4.04. The molecule has 0 saturated heterocycles. The highest BCUT2D eigenvalue weighted by Crippen LogP contribution is 2.27. The summed E-state index contributed by atoms with van der Waals surface area (Å²) < 4.78 is 5.62. The number of ether oxygens (including phenoxy) is 1. The summed E-state index contributed by atoms with van der Waals surface area (Å²) in [4.78, 5) is 22.2. The van der Waals surface area contributed by atoms with Gasteiger partial charge in [-0.15, -0.1) is 0 Å². The van der Waals surface area contributed by atoms with Crippen LogP contribution in [0.3, 0.4) is 0 Å². The molecule has 2 aromatic rings. The first-order valence-electron chi connectivity index (χ1n) is 8.27. The maximum Gasteiger partial charge on any atom is 0.288 e. The third kappa shape index (κ3) is 5.79. The summed E-state index contributed by atoms with van der Waals surface area (Å²) in [5.41, 5.74) is 4.60. The second-order valence-electron chi connectivity index (χ2n) is 6.25. The van der Waals surface area contributed by atoms with Crippen LogP contribution in [0, 0.1) is 17.0 Å². The van der Waals surface area contributed by atoms with E-state index in [2.05, 4.69) is 10.5 Å². The molecule has 8 heteroatoms. The van der Waals surface area contributed by atoms with Crippen molar-refractivity contribution in [2.45, 2.75) is 26.7 Å². The molecule has 142 valence electrons. The summed E-state index contributed by atoms with van der Waals surface area (Å²) in [6.45, 7) is 5.86. The minimum atomic E-state index is -0.583. The van der Waals surface area contributed by atoms with Gasteiger partial charge in [-0.25, -0.2) is 5.43 Å². The molecule has 0 unspecified atom stereocenters. The van der Waals surface area contributed by atoms with E-state index in [9.17, 15) is 14.9 Å². The minimum absolute atomic E-state index is 0.0358. The maximum atomic E-state index is 11.9. The van der Waals surface area contributed by atoms with Crippen LogP contribution in [0.4, 0.5) is 5.69 Å². The summed E-state index contributed by atoms with van der Waals surface area (Å²) in [5.74, 6) is 0.491. The molecule has 7 nitrogen and oxygen atoms in total. The van der Waals surface area contributed by atoms with Crippen molar-refractivity contribution in [3.05, 3.63) is 68.2 Å². The number of nitrogens with one attached hydrogen (secondary N) is 1. The number of amides is 1. The molecule has 0 spiro atoms. The van der Waals surface area contributed by atoms with Crippen molar-refractivity contribution in [1.29, 1.82) is 0 Å². The van der Waals surface area contributed by atoms with Crippen LogP contribution in [0.15, 0.2) is 41.5 Å². The lowest BCUT2D eigenvalue weighted by Gasteiger charge is -2.14. The Morgan fingerprint density at radius 1 is 1.33 bits per heavy atom. The van der Waals surface area contributed by atoms with Crippen LogP contribution >= 0.6 is 11.6 Å². The molecule has 0 aliphatic carbocycles. The molecule has 1 amide bonds. The molecule has 2 rings (SSSR count). The summed E-state index contributed by atoms with van der Waals surface area (Å²) in [6.07, 6.45) is 1.30. The van der Waals surface area contributed by atoms with Gasteiger partial charge in [0.1, 0.15) is 10.8 Å². The fraction of sp³-hybridized carbons (Fsp3) is 0.263. The first-order valence-corrected chi connectivity index (χ1v) is 8.65. The van der Waals surface area contributed by atoms with Gasteiger partial charge in [-0.2, -0.15) is 5.10 Å². The van der Waals surface area contributed by atoms with Gasteiger partial charge in [-0.1, -0.05) is 43.6 Å². The van der Waals surface area contributed by atoms with Crippen LogP contribution in [0.25, 0.3) is 0 Å². The van der Waals surface area contributed by atoms with Gasteiger partial charge in [0.15, 0.2) is 6.61 Å². The molecule has 0 radical (unpaired) electrons. The second kappa shape index (κ2) is 9.14. The Morgan fingerprint density at radius 2 is 2.07 bits per heavy atom. The summed E-state index contributed by atoms with van der Waals surface area (Å²) in [6, 6.07) is 10.1. The SMILES string of the molecule is Cc1ccc(C(C)C)c(OCC(=O)N/N=C\c2ccc(Cl)c([N+](=O)[O-])c2)c1. The predicted molar refractivity (Wildman–Crippen MR) is 105 cm³/mol. The highest BCUT2D eigenvalue weighted by molar-refractivity contribution is 6.32. The quantitative estimate of drug-likeness (QED) is 0.436. The van der Waals surface area contributed by atoms with E-state index in [0.29, 0.717) is 11.3 Å². The van der Waals surface area contributed by atoms with Gasteiger partial charge < -0.3 is 4.74 Å². The number of nitro groups is 1. The number of halogens is 1. The van der Waals surface area contributed by atoms with Crippen molar-refractivity contribution in [3.8, 4) is 5.75 Å². The smallest absolute Gasteiger partial charge is 0.288 e. The Balaban J connectivity index is 1.96.